The summed E-state index contributed by atoms with van der Waals surface area (Å²) in [6, 6.07) is 13.0. The molecule has 152 valence electrons. The molecule has 1 aromatic heterocycles. The summed E-state index contributed by atoms with van der Waals surface area (Å²) in [5.41, 5.74) is 1.17. The lowest BCUT2D eigenvalue weighted by Gasteiger charge is -2.35. The average Bonchev–Trinajstić information content (AvgIpc) is 2.79. The minimum absolute atomic E-state index is 0.00715. The lowest BCUT2D eigenvalue weighted by molar-refractivity contribution is 0.0664. The van der Waals surface area contributed by atoms with Crippen molar-refractivity contribution in [1.29, 1.82) is 0 Å². The Balaban J connectivity index is 1.39. The predicted octanol–water partition coefficient (Wildman–Crippen LogP) is 1.43. The van der Waals surface area contributed by atoms with Gasteiger partial charge in [0, 0.05) is 69.7 Å². The van der Waals surface area contributed by atoms with E-state index < -0.39 is 0 Å². The molecule has 4 rings (SSSR count). The molecule has 2 amide bonds. The highest BCUT2D eigenvalue weighted by Gasteiger charge is 2.25. The van der Waals surface area contributed by atoms with Crippen molar-refractivity contribution < 1.29 is 9.59 Å². The van der Waals surface area contributed by atoms with Crippen LogP contribution in [0.5, 0.6) is 0 Å². The molecule has 2 aliphatic heterocycles. The van der Waals surface area contributed by atoms with Gasteiger partial charge < -0.3 is 19.6 Å². The third-order valence-electron chi connectivity index (χ3n) is 5.69. The van der Waals surface area contributed by atoms with Crippen molar-refractivity contribution in [2.24, 2.45) is 0 Å². The summed E-state index contributed by atoms with van der Waals surface area (Å²) in [4.78, 5) is 38.3. The molecule has 3 heterocycles. The zero-order valence-corrected chi connectivity index (χ0v) is 16.8. The van der Waals surface area contributed by atoms with Gasteiger partial charge in [-0.1, -0.05) is 12.1 Å². The van der Waals surface area contributed by atoms with Gasteiger partial charge in [-0.2, -0.15) is 0 Å². The van der Waals surface area contributed by atoms with Gasteiger partial charge in [0.2, 0.25) is 0 Å². The third-order valence-corrected chi connectivity index (χ3v) is 5.69. The summed E-state index contributed by atoms with van der Waals surface area (Å²) >= 11 is 0. The van der Waals surface area contributed by atoms with E-state index in [2.05, 4.69) is 21.8 Å². The maximum atomic E-state index is 13.0. The minimum atomic E-state index is -0.0151. The number of pyridine rings is 1. The largest absolute Gasteiger partial charge is 0.353 e. The molecule has 0 radical (unpaired) electrons. The first kappa shape index (κ1) is 19.4. The molecule has 2 fully saturated rings. The molecule has 0 spiro atoms. The molecule has 29 heavy (non-hydrogen) atoms. The number of piperazine rings is 2. The lowest BCUT2D eigenvalue weighted by Crippen LogP contribution is -2.49. The molecule has 1 aromatic carbocycles. The summed E-state index contributed by atoms with van der Waals surface area (Å²) in [6.45, 7) is 6.01. The Bertz CT molecular complexity index is 857. The molecule has 0 bridgehead atoms. The van der Waals surface area contributed by atoms with Gasteiger partial charge in [0.15, 0.2) is 0 Å². The van der Waals surface area contributed by atoms with Crippen molar-refractivity contribution >= 4 is 17.6 Å². The second-order valence-corrected chi connectivity index (χ2v) is 7.64. The van der Waals surface area contributed by atoms with Crippen LogP contribution in [0.2, 0.25) is 0 Å². The smallest absolute Gasteiger partial charge is 0.253 e. The van der Waals surface area contributed by atoms with Crippen LogP contribution in [0.25, 0.3) is 0 Å². The van der Waals surface area contributed by atoms with Gasteiger partial charge in [0.25, 0.3) is 11.8 Å². The number of hydrogen-bond acceptors (Lipinski definition) is 5. The normalized spacial score (nSPS) is 18.0. The van der Waals surface area contributed by atoms with Gasteiger partial charge >= 0.3 is 0 Å². The van der Waals surface area contributed by atoms with Crippen molar-refractivity contribution in [3.8, 4) is 0 Å². The molecule has 0 saturated carbocycles. The molecule has 0 unspecified atom stereocenters. The van der Waals surface area contributed by atoms with Crippen LogP contribution in [0.15, 0.2) is 48.7 Å². The number of nitrogens with zero attached hydrogens (tertiary/aromatic N) is 5. The fraction of sp³-hybridized carbons (Fsp3) is 0.409. The summed E-state index contributed by atoms with van der Waals surface area (Å²) < 4.78 is 0. The maximum Gasteiger partial charge on any atom is 0.253 e. The van der Waals surface area contributed by atoms with Crippen LogP contribution in [0.1, 0.15) is 20.7 Å². The van der Waals surface area contributed by atoms with Gasteiger partial charge in [0.1, 0.15) is 5.82 Å². The minimum Gasteiger partial charge on any atom is -0.353 e. The van der Waals surface area contributed by atoms with E-state index in [-0.39, 0.29) is 11.8 Å². The van der Waals surface area contributed by atoms with Crippen LogP contribution in [-0.2, 0) is 0 Å². The Morgan fingerprint density at radius 3 is 1.90 bits per heavy atom. The SMILES string of the molecule is CN1CCN(C(=O)c2cccc(C(=O)N3CCN(c4ccccn4)CC3)c2)CC1. The van der Waals surface area contributed by atoms with Crippen molar-refractivity contribution in [3.63, 3.8) is 0 Å². The van der Waals surface area contributed by atoms with E-state index in [1.54, 1.807) is 30.5 Å². The standard InChI is InChI=1S/C22H27N5O2/c1-24-9-11-26(12-10-24)21(28)18-5-4-6-19(17-18)22(29)27-15-13-25(14-16-27)20-7-2-3-8-23-20/h2-8,17H,9-16H2,1H3. The zero-order valence-electron chi connectivity index (χ0n) is 16.8. The Morgan fingerprint density at radius 1 is 0.759 bits per heavy atom. The first-order valence-corrected chi connectivity index (χ1v) is 10.1. The first-order chi connectivity index (χ1) is 14.1. The van der Waals surface area contributed by atoms with Crippen molar-refractivity contribution in [3.05, 3.63) is 59.8 Å². The van der Waals surface area contributed by atoms with Gasteiger partial charge in [-0.25, -0.2) is 4.98 Å². The molecule has 0 aliphatic carbocycles. The van der Waals surface area contributed by atoms with Crippen LogP contribution in [0, 0.1) is 0 Å². The predicted molar refractivity (Wildman–Crippen MR) is 112 cm³/mol. The summed E-state index contributed by atoms with van der Waals surface area (Å²) in [5.74, 6) is 0.936. The van der Waals surface area contributed by atoms with Crippen LogP contribution in [0.3, 0.4) is 0 Å². The molecule has 2 saturated heterocycles. The highest BCUT2D eigenvalue weighted by molar-refractivity contribution is 5.99. The Labute approximate surface area is 171 Å². The first-order valence-electron chi connectivity index (χ1n) is 10.1. The molecule has 0 N–H and O–H groups in total. The van der Waals surface area contributed by atoms with E-state index in [9.17, 15) is 9.59 Å². The molecule has 7 heteroatoms. The van der Waals surface area contributed by atoms with E-state index in [1.165, 1.54) is 0 Å². The van der Waals surface area contributed by atoms with Crippen LogP contribution < -0.4 is 4.90 Å². The maximum absolute atomic E-state index is 13.0. The number of aromatic nitrogens is 1. The van der Waals surface area contributed by atoms with Gasteiger partial charge in [-0.15, -0.1) is 0 Å². The Morgan fingerprint density at radius 2 is 1.34 bits per heavy atom. The van der Waals surface area contributed by atoms with E-state index in [0.717, 1.165) is 45.1 Å². The highest BCUT2D eigenvalue weighted by Crippen LogP contribution is 2.16. The summed E-state index contributed by atoms with van der Waals surface area (Å²) in [7, 11) is 2.06. The highest BCUT2D eigenvalue weighted by atomic mass is 16.2. The van der Waals surface area contributed by atoms with Gasteiger partial charge in [-0.05, 0) is 37.4 Å². The number of carbonyl (C=O) groups excluding carboxylic acids is 2. The summed E-state index contributed by atoms with van der Waals surface area (Å²) in [6.07, 6.45) is 1.79. The Kier molecular flexibility index (Phi) is 5.76. The fourth-order valence-electron chi connectivity index (χ4n) is 3.84. The molecular formula is C22H27N5O2. The monoisotopic (exact) mass is 393 g/mol. The number of likely N-dealkylation sites (N-methyl/N-ethyl adjacent to an activating group) is 1. The van der Waals surface area contributed by atoms with Gasteiger partial charge in [-0.3, -0.25) is 9.59 Å². The summed E-state index contributed by atoms with van der Waals surface area (Å²) in [5, 5.41) is 0. The number of carbonyl (C=O) groups is 2. The molecule has 2 aromatic rings. The number of rotatable bonds is 3. The van der Waals surface area contributed by atoms with E-state index in [0.29, 0.717) is 24.2 Å². The van der Waals surface area contributed by atoms with Crippen LogP contribution in [0.4, 0.5) is 5.82 Å². The van der Waals surface area contributed by atoms with E-state index >= 15 is 0 Å². The second kappa shape index (κ2) is 8.61. The average molecular weight is 393 g/mol. The topological polar surface area (TPSA) is 60.0 Å². The van der Waals surface area contributed by atoms with Crippen LogP contribution in [-0.4, -0.2) is 90.9 Å². The van der Waals surface area contributed by atoms with Gasteiger partial charge in [0.05, 0.1) is 0 Å². The van der Waals surface area contributed by atoms with Crippen molar-refractivity contribution in [1.82, 2.24) is 19.7 Å². The second-order valence-electron chi connectivity index (χ2n) is 7.64. The quantitative estimate of drug-likeness (QED) is 0.790. The Hall–Kier alpha value is -2.93. The number of anilines is 1. The molecule has 7 nitrogen and oxygen atoms in total. The molecular weight excluding hydrogens is 366 g/mol. The lowest BCUT2D eigenvalue weighted by atomic mass is 10.1. The third kappa shape index (κ3) is 4.40. The number of benzene rings is 1. The number of hydrogen-bond donors (Lipinski definition) is 0. The van der Waals surface area contributed by atoms with E-state index in [4.69, 9.17) is 0 Å². The van der Waals surface area contributed by atoms with Crippen molar-refractivity contribution in [2.45, 2.75) is 0 Å². The molecule has 0 atom stereocenters. The van der Waals surface area contributed by atoms with E-state index in [1.807, 2.05) is 28.0 Å². The number of amides is 2. The van der Waals surface area contributed by atoms with Crippen LogP contribution >= 0.6 is 0 Å². The molecule has 2 aliphatic rings. The zero-order chi connectivity index (χ0) is 20.2. The van der Waals surface area contributed by atoms with Crippen molar-refractivity contribution in [2.75, 3.05) is 64.3 Å². The fourth-order valence-corrected chi connectivity index (χ4v) is 3.84.